The maximum Gasteiger partial charge on any atom is 0.256 e. The highest BCUT2D eigenvalue weighted by molar-refractivity contribution is 5.94. The van der Waals surface area contributed by atoms with Gasteiger partial charge in [-0.2, -0.15) is 0 Å². The van der Waals surface area contributed by atoms with Crippen LogP contribution in [0, 0.1) is 5.82 Å². The van der Waals surface area contributed by atoms with Crippen LogP contribution < -0.4 is 4.74 Å². The molecule has 0 spiro atoms. The molecule has 0 aromatic heterocycles. The van der Waals surface area contributed by atoms with Crippen molar-refractivity contribution in [1.29, 1.82) is 0 Å². The minimum absolute atomic E-state index is 0.0874. The molecule has 1 rings (SSSR count). The summed E-state index contributed by atoms with van der Waals surface area (Å²) < 4.78 is 18.5. The van der Waals surface area contributed by atoms with Gasteiger partial charge < -0.3 is 9.64 Å². The van der Waals surface area contributed by atoms with Crippen LogP contribution in [0.15, 0.2) is 18.2 Å². The van der Waals surface area contributed by atoms with Crippen LogP contribution in [0.25, 0.3) is 0 Å². The molecule has 17 heavy (non-hydrogen) atoms. The van der Waals surface area contributed by atoms with Crippen LogP contribution in [0.2, 0.25) is 0 Å². The van der Waals surface area contributed by atoms with E-state index in [-0.39, 0.29) is 11.5 Å². The third-order valence-electron chi connectivity index (χ3n) is 2.60. The number of benzene rings is 1. The number of hydrogen-bond donors (Lipinski definition) is 0. The lowest BCUT2D eigenvalue weighted by Gasteiger charge is -2.17. The number of rotatable bonds is 5. The quantitative estimate of drug-likeness (QED) is 0.790. The van der Waals surface area contributed by atoms with E-state index in [2.05, 4.69) is 0 Å². The molecule has 0 heterocycles. The lowest BCUT2D eigenvalue weighted by Crippen LogP contribution is -2.28. The standard InChI is InChI=1S/C13H18FNO2/c1-4-5-8-15(2)13(16)11-7-6-10(17-3)9-12(11)14/h6-7,9H,4-5,8H2,1-3H3. The number of nitrogens with zero attached hydrogens (tertiary/aromatic N) is 1. The molecular weight excluding hydrogens is 221 g/mol. The van der Waals surface area contributed by atoms with E-state index >= 15 is 0 Å². The minimum atomic E-state index is -0.544. The molecule has 0 aliphatic rings. The maximum absolute atomic E-state index is 13.6. The highest BCUT2D eigenvalue weighted by Gasteiger charge is 2.16. The molecule has 4 heteroatoms. The SMILES string of the molecule is CCCCN(C)C(=O)c1ccc(OC)cc1F. The molecule has 0 bridgehead atoms. The van der Waals surface area contributed by atoms with E-state index < -0.39 is 5.82 Å². The van der Waals surface area contributed by atoms with Gasteiger partial charge in [0.1, 0.15) is 11.6 Å². The third kappa shape index (κ3) is 3.44. The van der Waals surface area contributed by atoms with Crippen LogP contribution in [-0.2, 0) is 0 Å². The smallest absolute Gasteiger partial charge is 0.256 e. The zero-order valence-electron chi connectivity index (χ0n) is 10.5. The lowest BCUT2D eigenvalue weighted by molar-refractivity contribution is 0.0788. The van der Waals surface area contributed by atoms with Gasteiger partial charge in [-0.05, 0) is 18.6 Å². The molecule has 0 radical (unpaired) electrons. The van der Waals surface area contributed by atoms with Gasteiger partial charge in [-0.3, -0.25) is 4.79 Å². The maximum atomic E-state index is 13.6. The van der Waals surface area contributed by atoms with E-state index in [9.17, 15) is 9.18 Å². The third-order valence-corrected chi connectivity index (χ3v) is 2.60. The first-order valence-corrected chi connectivity index (χ1v) is 5.69. The van der Waals surface area contributed by atoms with Gasteiger partial charge in [-0.1, -0.05) is 13.3 Å². The number of carbonyl (C=O) groups is 1. The number of amides is 1. The molecule has 1 aromatic carbocycles. The zero-order chi connectivity index (χ0) is 12.8. The Morgan fingerprint density at radius 3 is 2.71 bits per heavy atom. The largest absolute Gasteiger partial charge is 0.497 e. The second-order valence-electron chi connectivity index (χ2n) is 3.93. The van der Waals surface area contributed by atoms with E-state index in [1.165, 1.54) is 24.1 Å². The molecule has 0 N–H and O–H groups in total. The van der Waals surface area contributed by atoms with Crippen molar-refractivity contribution >= 4 is 5.91 Å². The topological polar surface area (TPSA) is 29.5 Å². The average Bonchev–Trinajstić information content (AvgIpc) is 2.34. The van der Waals surface area contributed by atoms with Crippen molar-refractivity contribution in [2.24, 2.45) is 0 Å². The number of carbonyl (C=O) groups excluding carboxylic acids is 1. The molecule has 94 valence electrons. The molecule has 0 atom stereocenters. The highest BCUT2D eigenvalue weighted by atomic mass is 19.1. The number of methoxy groups -OCH3 is 1. The van der Waals surface area contributed by atoms with Gasteiger partial charge in [0.15, 0.2) is 0 Å². The molecule has 1 aromatic rings. The van der Waals surface area contributed by atoms with Crippen LogP contribution in [0.3, 0.4) is 0 Å². The summed E-state index contributed by atoms with van der Waals surface area (Å²) in [6.07, 6.45) is 1.92. The van der Waals surface area contributed by atoms with E-state index in [1.54, 1.807) is 13.1 Å². The summed E-state index contributed by atoms with van der Waals surface area (Å²) in [7, 11) is 3.14. The number of halogens is 1. The fourth-order valence-corrected chi connectivity index (χ4v) is 1.50. The first-order chi connectivity index (χ1) is 8.10. The van der Waals surface area contributed by atoms with Crippen molar-refractivity contribution in [3.05, 3.63) is 29.6 Å². The van der Waals surface area contributed by atoms with Crippen LogP contribution in [0.5, 0.6) is 5.75 Å². The minimum Gasteiger partial charge on any atom is -0.497 e. The summed E-state index contributed by atoms with van der Waals surface area (Å²) in [5.74, 6) is -0.424. The van der Waals surface area contributed by atoms with E-state index in [4.69, 9.17) is 4.74 Å². The first-order valence-electron chi connectivity index (χ1n) is 5.69. The summed E-state index contributed by atoms with van der Waals surface area (Å²) in [6.45, 7) is 2.69. The van der Waals surface area contributed by atoms with Crippen molar-refractivity contribution in [2.45, 2.75) is 19.8 Å². The van der Waals surface area contributed by atoms with Gasteiger partial charge >= 0.3 is 0 Å². The first kappa shape index (κ1) is 13.5. The molecule has 0 saturated carbocycles. The van der Waals surface area contributed by atoms with Crippen molar-refractivity contribution < 1.29 is 13.9 Å². The molecule has 0 aliphatic heterocycles. The molecular formula is C13H18FNO2. The summed E-state index contributed by atoms with van der Waals surface area (Å²) in [5.41, 5.74) is 0.0874. The predicted octanol–water partition coefficient (Wildman–Crippen LogP) is 2.71. The van der Waals surface area contributed by atoms with Crippen molar-refractivity contribution in [1.82, 2.24) is 4.90 Å². The second kappa shape index (κ2) is 6.23. The predicted molar refractivity (Wildman–Crippen MR) is 64.8 cm³/mol. The number of hydrogen-bond acceptors (Lipinski definition) is 2. The van der Waals surface area contributed by atoms with Crippen molar-refractivity contribution in [3.8, 4) is 5.75 Å². The van der Waals surface area contributed by atoms with Gasteiger partial charge in [0.2, 0.25) is 0 Å². The summed E-state index contributed by atoms with van der Waals surface area (Å²) in [6, 6.07) is 4.27. The number of ether oxygens (including phenoxy) is 1. The molecule has 3 nitrogen and oxygen atoms in total. The van der Waals surface area contributed by atoms with E-state index in [0.29, 0.717) is 12.3 Å². The Bertz CT molecular complexity index is 393. The van der Waals surface area contributed by atoms with Gasteiger partial charge in [-0.15, -0.1) is 0 Å². The fourth-order valence-electron chi connectivity index (χ4n) is 1.50. The van der Waals surface area contributed by atoms with Gasteiger partial charge in [0.05, 0.1) is 12.7 Å². The Morgan fingerprint density at radius 2 is 2.18 bits per heavy atom. The van der Waals surface area contributed by atoms with E-state index in [0.717, 1.165) is 12.8 Å². The molecule has 0 saturated heterocycles. The Morgan fingerprint density at radius 1 is 1.47 bits per heavy atom. The number of unbranched alkanes of at least 4 members (excludes halogenated alkanes) is 1. The van der Waals surface area contributed by atoms with Gasteiger partial charge in [-0.25, -0.2) is 4.39 Å². The highest BCUT2D eigenvalue weighted by Crippen LogP contribution is 2.17. The Hall–Kier alpha value is -1.58. The van der Waals surface area contributed by atoms with Crippen molar-refractivity contribution in [3.63, 3.8) is 0 Å². The lowest BCUT2D eigenvalue weighted by atomic mass is 10.1. The van der Waals surface area contributed by atoms with Crippen LogP contribution >= 0.6 is 0 Å². The zero-order valence-corrected chi connectivity index (χ0v) is 10.5. The van der Waals surface area contributed by atoms with Crippen LogP contribution in [0.4, 0.5) is 4.39 Å². The monoisotopic (exact) mass is 239 g/mol. The Labute approximate surface area is 101 Å². The van der Waals surface area contributed by atoms with Gasteiger partial charge in [0.25, 0.3) is 5.91 Å². The Balaban J connectivity index is 2.81. The fraction of sp³-hybridized carbons (Fsp3) is 0.462. The normalized spacial score (nSPS) is 10.1. The second-order valence-corrected chi connectivity index (χ2v) is 3.93. The van der Waals surface area contributed by atoms with Crippen molar-refractivity contribution in [2.75, 3.05) is 20.7 Å². The van der Waals surface area contributed by atoms with Gasteiger partial charge in [0, 0.05) is 19.7 Å². The summed E-state index contributed by atoms with van der Waals surface area (Å²) in [5, 5.41) is 0. The van der Waals surface area contributed by atoms with Crippen LogP contribution in [0.1, 0.15) is 30.1 Å². The Kier molecular flexibility index (Phi) is 4.94. The molecule has 1 amide bonds. The average molecular weight is 239 g/mol. The molecule has 0 fully saturated rings. The molecule has 0 unspecified atom stereocenters. The van der Waals surface area contributed by atoms with E-state index in [1.807, 2.05) is 6.92 Å². The summed E-state index contributed by atoms with van der Waals surface area (Å²) in [4.78, 5) is 13.5. The van der Waals surface area contributed by atoms with Crippen LogP contribution in [-0.4, -0.2) is 31.5 Å². The molecule has 0 aliphatic carbocycles. The summed E-state index contributed by atoms with van der Waals surface area (Å²) >= 11 is 0.